The maximum absolute atomic E-state index is 13.1. The van der Waals surface area contributed by atoms with Gasteiger partial charge >= 0.3 is 6.03 Å². The zero-order valence-corrected chi connectivity index (χ0v) is 18.2. The van der Waals surface area contributed by atoms with E-state index < -0.39 is 11.9 Å². The molecule has 1 heterocycles. The molecule has 2 aromatic carbocycles. The molecular weight excluding hydrogens is 416 g/mol. The number of ether oxygens (including phenoxy) is 1. The van der Waals surface area contributed by atoms with Crippen LogP contribution in [0.4, 0.5) is 4.79 Å². The number of para-hydroxylation sites is 1. The fourth-order valence-corrected chi connectivity index (χ4v) is 3.68. The van der Waals surface area contributed by atoms with Crippen molar-refractivity contribution in [2.45, 2.75) is 18.6 Å². The van der Waals surface area contributed by atoms with Crippen LogP contribution in [0.3, 0.4) is 0 Å². The minimum absolute atomic E-state index is 0.0592. The van der Waals surface area contributed by atoms with Crippen LogP contribution in [0.25, 0.3) is 10.9 Å². The van der Waals surface area contributed by atoms with E-state index in [1.54, 1.807) is 22.8 Å². The van der Waals surface area contributed by atoms with Crippen LogP contribution >= 0.6 is 11.8 Å². The predicted molar refractivity (Wildman–Crippen MR) is 120 cm³/mol. The highest BCUT2D eigenvalue weighted by molar-refractivity contribution is 7.99. The Morgan fingerprint density at radius 2 is 1.87 bits per heavy atom. The van der Waals surface area contributed by atoms with Crippen molar-refractivity contribution in [1.82, 2.24) is 20.2 Å². The first-order valence-corrected chi connectivity index (χ1v) is 10.7. The molecule has 3 aromatic rings. The van der Waals surface area contributed by atoms with Gasteiger partial charge in [-0.15, -0.1) is 0 Å². The van der Waals surface area contributed by atoms with Crippen LogP contribution in [0.2, 0.25) is 0 Å². The number of hydrogen-bond donors (Lipinski definition) is 2. The third-order valence-corrected chi connectivity index (χ3v) is 5.44. The molecule has 2 N–H and O–H groups in total. The Morgan fingerprint density at radius 3 is 2.61 bits per heavy atom. The maximum Gasteiger partial charge on any atom is 0.321 e. The van der Waals surface area contributed by atoms with Gasteiger partial charge in [0.2, 0.25) is 5.91 Å². The third kappa shape index (κ3) is 6.16. The van der Waals surface area contributed by atoms with Crippen molar-refractivity contribution in [3.05, 3.63) is 70.0 Å². The first kappa shape index (κ1) is 22.5. The lowest BCUT2D eigenvalue weighted by atomic mass is 10.1. The predicted octanol–water partition coefficient (Wildman–Crippen LogP) is 2.32. The summed E-state index contributed by atoms with van der Waals surface area (Å²) >= 11 is 1.11. The van der Waals surface area contributed by atoms with Crippen molar-refractivity contribution in [3.8, 4) is 0 Å². The number of methoxy groups -OCH3 is 1. The summed E-state index contributed by atoms with van der Waals surface area (Å²) < 4.78 is 6.40. The zero-order chi connectivity index (χ0) is 22.2. The summed E-state index contributed by atoms with van der Waals surface area (Å²) in [7, 11) is 1.52. The van der Waals surface area contributed by atoms with Crippen molar-refractivity contribution in [3.63, 3.8) is 0 Å². The van der Waals surface area contributed by atoms with E-state index in [0.717, 1.165) is 22.9 Å². The molecule has 3 amide bonds. The molecule has 0 aliphatic carbocycles. The molecule has 0 atom stereocenters. The van der Waals surface area contributed by atoms with Gasteiger partial charge in [0.25, 0.3) is 5.56 Å². The number of amides is 3. The monoisotopic (exact) mass is 440 g/mol. The molecule has 0 aliphatic heterocycles. The highest BCUT2D eigenvalue weighted by Crippen LogP contribution is 2.19. The van der Waals surface area contributed by atoms with Crippen molar-refractivity contribution in [2.24, 2.45) is 0 Å². The van der Waals surface area contributed by atoms with Crippen LogP contribution in [0, 0.1) is 6.92 Å². The second-order valence-corrected chi connectivity index (χ2v) is 7.82. The molecule has 162 valence electrons. The van der Waals surface area contributed by atoms with Crippen molar-refractivity contribution >= 4 is 34.6 Å². The number of aromatic nitrogens is 2. The Labute approximate surface area is 184 Å². The first-order chi connectivity index (χ1) is 15.0. The largest absolute Gasteiger partial charge is 0.383 e. The number of benzene rings is 2. The number of carbonyl (C=O) groups is 2. The van der Waals surface area contributed by atoms with E-state index in [1.165, 1.54) is 7.11 Å². The molecule has 3 rings (SSSR count). The Morgan fingerprint density at radius 1 is 1.13 bits per heavy atom. The molecule has 9 heteroatoms. The van der Waals surface area contributed by atoms with E-state index in [2.05, 4.69) is 15.6 Å². The van der Waals surface area contributed by atoms with Gasteiger partial charge in [0, 0.05) is 13.7 Å². The van der Waals surface area contributed by atoms with Gasteiger partial charge in [0.15, 0.2) is 5.16 Å². The van der Waals surface area contributed by atoms with Gasteiger partial charge in [-0.25, -0.2) is 9.78 Å². The van der Waals surface area contributed by atoms with Crippen molar-refractivity contribution in [1.29, 1.82) is 0 Å². The Kier molecular flexibility index (Phi) is 7.80. The molecule has 0 unspecified atom stereocenters. The maximum atomic E-state index is 13.1. The lowest BCUT2D eigenvalue weighted by molar-refractivity contribution is -0.117. The number of nitrogens with one attached hydrogen (secondary N) is 2. The lowest BCUT2D eigenvalue weighted by Crippen LogP contribution is -2.41. The molecular formula is C22H24N4O4S. The average molecular weight is 441 g/mol. The van der Waals surface area contributed by atoms with Gasteiger partial charge in [0.05, 0.1) is 29.8 Å². The minimum atomic E-state index is -0.592. The van der Waals surface area contributed by atoms with Crippen LogP contribution in [-0.2, 0) is 16.1 Å². The highest BCUT2D eigenvalue weighted by atomic mass is 32.2. The molecule has 0 aliphatic rings. The molecule has 0 spiro atoms. The Balaban J connectivity index is 1.79. The number of imide groups is 1. The molecule has 8 nitrogen and oxygen atoms in total. The number of nitrogens with zero attached hydrogens (tertiary/aromatic N) is 2. The summed E-state index contributed by atoms with van der Waals surface area (Å²) in [5.41, 5.74) is 2.47. The van der Waals surface area contributed by atoms with Gasteiger partial charge in [0.1, 0.15) is 0 Å². The Bertz CT molecular complexity index is 1130. The standard InChI is InChI=1S/C22H24N4O4S/c1-15-7-9-16(10-8-15)13-26-20(28)17-5-3-4-6-18(17)24-22(26)31-14-19(27)25-21(29)23-11-12-30-2/h3-10H,11-14H2,1-2H3,(H2,23,25,27,29). The summed E-state index contributed by atoms with van der Waals surface area (Å²) in [4.78, 5) is 41.6. The van der Waals surface area contributed by atoms with Crippen LogP contribution < -0.4 is 16.2 Å². The number of aryl methyl sites for hydroxylation is 1. The SMILES string of the molecule is COCCNC(=O)NC(=O)CSc1nc2ccccc2c(=O)n1Cc1ccc(C)cc1. The summed E-state index contributed by atoms with van der Waals surface area (Å²) in [6.07, 6.45) is 0. The van der Waals surface area contributed by atoms with E-state index in [-0.39, 0.29) is 11.3 Å². The van der Waals surface area contributed by atoms with Crippen LogP contribution in [0.5, 0.6) is 0 Å². The van der Waals surface area contributed by atoms with Gasteiger partial charge in [-0.2, -0.15) is 0 Å². The number of carbonyl (C=O) groups excluding carboxylic acids is 2. The fourth-order valence-electron chi connectivity index (χ4n) is 2.88. The number of thioether (sulfide) groups is 1. The molecule has 31 heavy (non-hydrogen) atoms. The smallest absolute Gasteiger partial charge is 0.321 e. The molecule has 1 aromatic heterocycles. The van der Waals surface area contributed by atoms with E-state index >= 15 is 0 Å². The summed E-state index contributed by atoms with van der Waals surface area (Å²) in [6.45, 7) is 2.98. The van der Waals surface area contributed by atoms with Gasteiger partial charge < -0.3 is 10.1 Å². The van der Waals surface area contributed by atoms with Crippen LogP contribution in [0.15, 0.2) is 58.5 Å². The summed E-state index contributed by atoms with van der Waals surface area (Å²) in [5.74, 6) is -0.541. The van der Waals surface area contributed by atoms with Gasteiger partial charge in [-0.1, -0.05) is 53.7 Å². The van der Waals surface area contributed by atoms with Crippen LogP contribution in [0.1, 0.15) is 11.1 Å². The quantitative estimate of drug-likeness (QED) is 0.317. The highest BCUT2D eigenvalue weighted by Gasteiger charge is 2.15. The number of hydrogen-bond acceptors (Lipinski definition) is 6. The van der Waals surface area contributed by atoms with Crippen molar-refractivity contribution < 1.29 is 14.3 Å². The third-order valence-electron chi connectivity index (χ3n) is 4.46. The number of fused-ring (bicyclic) bond motifs is 1. The average Bonchev–Trinajstić information content (AvgIpc) is 2.76. The molecule has 0 saturated carbocycles. The second kappa shape index (κ2) is 10.7. The summed E-state index contributed by atoms with van der Waals surface area (Å²) in [5, 5.41) is 5.70. The molecule has 0 saturated heterocycles. The van der Waals surface area contributed by atoms with Gasteiger partial charge in [-0.3, -0.25) is 19.5 Å². The lowest BCUT2D eigenvalue weighted by Gasteiger charge is -2.13. The zero-order valence-electron chi connectivity index (χ0n) is 17.4. The van der Waals surface area contributed by atoms with E-state index in [9.17, 15) is 14.4 Å². The minimum Gasteiger partial charge on any atom is -0.383 e. The van der Waals surface area contributed by atoms with Crippen LogP contribution in [-0.4, -0.2) is 47.5 Å². The van der Waals surface area contributed by atoms with E-state index in [0.29, 0.717) is 35.8 Å². The topological polar surface area (TPSA) is 102 Å². The summed E-state index contributed by atoms with van der Waals surface area (Å²) in [6, 6.07) is 14.4. The molecule has 0 bridgehead atoms. The fraction of sp³-hybridized carbons (Fsp3) is 0.273. The molecule has 0 radical (unpaired) electrons. The number of rotatable bonds is 8. The number of urea groups is 1. The van der Waals surface area contributed by atoms with E-state index in [1.807, 2.05) is 37.3 Å². The molecule has 0 fully saturated rings. The Hall–Kier alpha value is -3.17. The van der Waals surface area contributed by atoms with Crippen molar-refractivity contribution in [2.75, 3.05) is 26.0 Å². The first-order valence-electron chi connectivity index (χ1n) is 9.72. The van der Waals surface area contributed by atoms with Gasteiger partial charge in [-0.05, 0) is 24.6 Å². The second-order valence-electron chi connectivity index (χ2n) is 6.87. The van der Waals surface area contributed by atoms with E-state index in [4.69, 9.17) is 4.74 Å². The normalized spacial score (nSPS) is 10.8.